The number of nitrogens with one attached hydrogen (secondary N) is 3. The van der Waals surface area contributed by atoms with E-state index >= 15 is 0 Å². The highest BCUT2D eigenvalue weighted by Gasteiger charge is 2.37. The van der Waals surface area contributed by atoms with Gasteiger partial charge in [0.05, 0.1) is 0 Å². The Bertz CT molecular complexity index is 1020. The van der Waals surface area contributed by atoms with E-state index in [4.69, 9.17) is 0 Å². The van der Waals surface area contributed by atoms with Gasteiger partial charge in [0.25, 0.3) is 5.91 Å². The van der Waals surface area contributed by atoms with Crippen LogP contribution in [-0.4, -0.2) is 68.4 Å². The predicted octanol–water partition coefficient (Wildman–Crippen LogP) is -0.0365. The fraction of sp³-hybridized carbons (Fsp3) is 0.333. The van der Waals surface area contributed by atoms with Crippen LogP contribution in [0.15, 0.2) is 60.8 Å². The van der Waals surface area contributed by atoms with Gasteiger partial charge in [-0.3, -0.25) is 9.59 Å². The molecular formula is C24H30N4O2+2. The molecule has 1 saturated heterocycles. The number of quaternary nitrogens is 2. The number of piperazine rings is 1. The highest BCUT2D eigenvalue weighted by Crippen LogP contribution is 2.23. The summed E-state index contributed by atoms with van der Waals surface area (Å²) in [5, 5.41) is 0.976. The predicted molar refractivity (Wildman–Crippen MR) is 117 cm³/mol. The first-order valence-corrected chi connectivity index (χ1v) is 10.6. The molecule has 30 heavy (non-hydrogen) atoms. The van der Waals surface area contributed by atoms with Gasteiger partial charge < -0.3 is 19.7 Å². The molecule has 1 aliphatic heterocycles. The number of Topliss-reactive ketones (excluding diaryl/α,β-unsaturated/α-hetero) is 1. The van der Waals surface area contributed by atoms with Crippen molar-refractivity contribution in [3.63, 3.8) is 0 Å². The first-order valence-electron chi connectivity index (χ1n) is 10.6. The van der Waals surface area contributed by atoms with Gasteiger partial charge in [-0.05, 0) is 6.07 Å². The molecule has 1 aromatic heterocycles. The molecule has 0 saturated carbocycles. The summed E-state index contributed by atoms with van der Waals surface area (Å²) in [7, 11) is 3.60. The minimum absolute atomic E-state index is 0.154. The number of hydrogen-bond donors (Lipinski definition) is 3. The molecule has 0 aliphatic carbocycles. The monoisotopic (exact) mass is 406 g/mol. The van der Waals surface area contributed by atoms with Crippen LogP contribution in [-0.2, 0) is 4.79 Å². The lowest BCUT2D eigenvalue weighted by molar-refractivity contribution is -1.02. The lowest BCUT2D eigenvalue weighted by Crippen LogP contribution is -3.28. The molecule has 1 amide bonds. The summed E-state index contributed by atoms with van der Waals surface area (Å²) in [5.74, 6) is 0.310. The van der Waals surface area contributed by atoms with Crippen LogP contribution in [0.5, 0.6) is 0 Å². The molecule has 1 fully saturated rings. The van der Waals surface area contributed by atoms with Crippen LogP contribution < -0.4 is 9.80 Å². The number of fused-ring (bicyclic) bond motifs is 1. The average molecular weight is 407 g/mol. The number of nitrogens with zero attached hydrogens (tertiary/aromatic N) is 1. The van der Waals surface area contributed by atoms with Crippen LogP contribution >= 0.6 is 0 Å². The number of likely N-dealkylation sites (N-methyl/N-ethyl adjacent to an activating group) is 1. The van der Waals surface area contributed by atoms with Gasteiger partial charge in [0.15, 0.2) is 12.6 Å². The van der Waals surface area contributed by atoms with E-state index in [1.54, 1.807) is 19.0 Å². The molecule has 3 aromatic rings. The van der Waals surface area contributed by atoms with Crippen molar-refractivity contribution >= 4 is 22.6 Å². The van der Waals surface area contributed by atoms with Crippen LogP contribution in [0, 0.1) is 0 Å². The fourth-order valence-electron chi connectivity index (χ4n) is 4.41. The summed E-state index contributed by atoms with van der Waals surface area (Å²) >= 11 is 0. The van der Waals surface area contributed by atoms with E-state index in [9.17, 15) is 9.59 Å². The molecule has 0 spiro atoms. The second-order valence-corrected chi connectivity index (χ2v) is 8.33. The van der Waals surface area contributed by atoms with Gasteiger partial charge in [-0.2, -0.15) is 0 Å². The number of rotatable bonds is 6. The zero-order chi connectivity index (χ0) is 21.1. The van der Waals surface area contributed by atoms with Gasteiger partial charge in [0.2, 0.25) is 5.78 Å². The van der Waals surface area contributed by atoms with Gasteiger partial charge in [-0.25, -0.2) is 0 Å². The van der Waals surface area contributed by atoms with Crippen LogP contribution in [0.3, 0.4) is 0 Å². The van der Waals surface area contributed by atoms with Crippen LogP contribution in [0.4, 0.5) is 0 Å². The topological polar surface area (TPSA) is 62.1 Å². The molecule has 3 N–H and O–H groups in total. The molecule has 1 atom stereocenters. The lowest BCUT2D eigenvalue weighted by atomic mass is 9.95. The molecule has 6 heteroatoms. The summed E-state index contributed by atoms with van der Waals surface area (Å²) in [6.07, 6.45) is 1.85. The zero-order valence-corrected chi connectivity index (χ0v) is 17.7. The second-order valence-electron chi connectivity index (χ2n) is 8.33. The molecule has 2 heterocycles. The smallest absolute Gasteiger partial charge is 0.277 e. The SMILES string of the molecule is CN(C)C(=O)C[NH+]1CC[NH+]([C@@H](C(=O)c2c[nH]c3ccccc23)c2ccccc2)CC1. The number of H-pyrrole nitrogens is 1. The van der Waals surface area contributed by atoms with Crippen molar-refractivity contribution in [2.75, 3.05) is 46.8 Å². The van der Waals surface area contributed by atoms with E-state index in [0.29, 0.717) is 6.54 Å². The van der Waals surface area contributed by atoms with Crippen molar-refractivity contribution in [3.8, 4) is 0 Å². The van der Waals surface area contributed by atoms with Crippen molar-refractivity contribution in [2.45, 2.75) is 6.04 Å². The van der Waals surface area contributed by atoms with Gasteiger partial charge in [0, 0.05) is 42.3 Å². The summed E-state index contributed by atoms with van der Waals surface area (Å²) < 4.78 is 0. The number of ketones is 1. The number of hydrogen-bond acceptors (Lipinski definition) is 2. The highest BCUT2D eigenvalue weighted by molar-refractivity contribution is 6.10. The number of aromatic nitrogens is 1. The van der Waals surface area contributed by atoms with E-state index in [2.05, 4.69) is 17.1 Å². The third-order valence-electron chi connectivity index (χ3n) is 6.16. The van der Waals surface area contributed by atoms with Crippen molar-refractivity contribution < 1.29 is 19.4 Å². The highest BCUT2D eigenvalue weighted by atomic mass is 16.2. The Morgan fingerprint density at radius 1 is 0.967 bits per heavy atom. The normalized spacial score (nSPS) is 20.1. The average Bonchev–Trinajstić information content (AvgIpc) is 3.20. The first-order chi connectivity index (χ1) is 14.5. The van der Waals surface area contributed by atoms with Crippen LogP contribution in [0.2, 0.25) is 0 Å². The zero-order valence-electron chi connectivity index (χ0n) is 17.7. The minimum Gasteiger partial charge on any atom is -0.360 e. The van der Waals surface area contributed by atoms with Gasteiger partial charge in [0.1, 0.15) is 26.2 Å². The Hall–Kier alpha value is -2.96. The third kappa shape index (κ3) is 4.15. The lowest BCUT2D eigenvalue weighted by Gasteiger charge is -2.34. The summed E-state index contributed by atoms with van der Waals surface area (Å²) in [6, 6.07) is 17.8. The van der Waals surface area contributed by atoms with Crippen LogP contribution in [0.1, 0.15) is 22.0 Å². The van der Waals surface area contributed by atoms with E-state index in [-0.39, 0.29) is 17.7 Å². The molecule has 0 unspecified atom stereocenters. The minimum atomic E-state index is -0.239. The second kappa shape index (κ2) is 8.81. The Kier molecular flexibility index (Phi) is 5.97. The Morgan fingerprint density at radius 3 is 2.33 bits per heavy atom. The van der Waals surface area contributed by atoms with Gasteiger partial charge in [-0.15, -0.1) is 0 Å². The van der Waals surface area contributed by atoms with E-state index in [0.717, 1.165) is 48.2 Å². The number of carbonyl (C=O) groups excluding carboxylic acids is 2. The molecular weight excluding hydrogens is 376 g/mol. The maximum Gasteiger partial charge on any atom is 0.277 e. The van der Waals surface area contributed by atoms with E-state index in [1.165, 1.54) is 9.80 Å². The van der Waals surface area contributed by atoms with Crippen molar-refractivity contribution in [3.05, 3.63) is 71.9 Å². The molecule has 4 rings (SSSR count). The van der Waals surface area contributed by atoms with Gasteiger partial charge >= 0.3 is 0 Å². The Morgan fingerprint density at radius 2 is 1.63 bits per heavy atom. The number of benzene rings is 2. The van der Waals surface area contributed by atoms with Gasteiger partial charge in [-0.1, -0.05) is 48.5 Å². The third-order valence-corrected chi connectivity index (χ3v) is 6.16. The maximum atomic E-state index is 13.8. The fourth-order valence-corrected chi connectivity index (χ4v) is 4.41. The van der Waals surface area contributed by atoms with Crippen LogP contribution in [0.25, 0.3) is 10.9 Å². The Labute approximate surface area is 177 Å². The quantitative estimate of drug-likeness (QED) is 0.504. The molecule has 1 aliphatic rings. The largest absolute Gasteiger partial charge is 0.360 e. The van der Waals surface area contributed by atoms with Crippen molar-refractivity contribution in [1.82, 2.24) is 9.88 Å². The number of aromatic amines is 1. The standard InChI is InChI=1S/C24H28N4O2/c1-26(2)22(29)17-27-12-14-28(15-13-27)23(18-8-4-3-5-9-18)24(30)20-16-25-21-11-7-6-10-19(20)21/h3-11,16,23,25H,12-15,17H2,1-2H3/p+2/t23-/m1/s1. The summed E-state index contributed by atoms with van der Waals surface area (Å²) in [5.41, 5.74) is 2.79. The van der Waals surface area contributed by atoms with Crippen molar-refractivity contribution in [1.29, 1.82) is 0 Å². The molecule has 156 valence electrons. The van der Waals surface area contributed by atoms with Crippen molar-refractivity contribution in [2.24, 2.45) is 0 Å². The molecule has 0 bridgehead atoms. The molecule has 0 radical (unpaired) electrons. The maximum absolute atomic E-state index is 13.8. The van der Waals surface area contributed by atoms with E-state index < -0.39 is 0 Å². The van der Waals surface area contributed by atoms with E-state index in [1.807, 2.05) is 48.7 Å². The summed E-state index contributed by atoms with van der Waals surface area (Å²) in [4.78, 5) is 33.3. The molecule has 6 nitrogen and oxygen atoms in total. The summed E-state index contributed by atoms with van der Waals surface area (Å²) in [6.45, 7) is 4.03. The number of carbonyl (C=O) groups is 2. The Balaban J connectivity index is 1.58. The first kappa shape index (κ1) is 20.3. The molecule has 2 aromatic carbocycles. The number of para-hydroxylation sites is 1. The number of amides is 1.